The zero-order valence-corrected chi connectivity index (χ0v) is 9.41. The number of ether oxygens (including phenoxy) is 1. The highest BCUT2D eigenvalue weighted by Crippen LogP contribution is 2.33. The van der Waals surface area contributed by atoms with Crippen molar-refractivity contribution < 1.29 is 22.7 Å². The summed E-state index contributed by atoms with van der Waals surface area (Å²) in [6.45, 7) is 0. The van der Waals surface area contributed by atoms with Gasteiger partial charge in [-0.1, -0.05) is 11.8 Å². The SMILES string of the molecule is COc1cc(C(=O)SC)cc(C(F)(F)F)c1. The molecule has 0 amide bonds. The van der Waals surface area contributed by atoms with E-state index in [9.17, 15) is 18.0 Å². The largest absolute Gasteiger partial charge is 0.497 e. The minimum Gasteiger partial charge on any atom is -0.497 e. The lowest BCUT2D eigenvalue weighted by Gasteiger charge is -2.10. The van der Waals surface area contributed by atoms with E-state index in [1.807, 2.05) is 0 Å². The fraction of sp³-hybridized carbons (Fsp3) is 0.300. The first-order valence-electron chi connectivity index (χ1n) is 4.23. The van der Waals surface area contributed by atoms with E-state index in [-0.39, 0.29) is 11.3 Å². The molecule has 0 saturated carbocycles. The minimum atomic E-state index is -4.48. The number of alkyl halides is 3. The highest BCUT2D eigenvalue weighted by atomic mass is 32.2. The predicted molar refractivity (Wildman–Crippen MR) is 55.8 cm³/mol. The molecule has 16 heavy (non-hydrogen) atoms. The Morgan fingerprint density at radius 3 is 2.38 bits per heavy atom. The van der Waals surface area contributed by atoms with Gasteiger partial charge in [0, 0.05) is 5.56 Å². The molecule has 0 saturated heterocycles. The molecule has 0 atom stereocenters. The van der Waals surface area contributed by atoms with Gasteiger partial charge in [0.2, 0.25) is 5.12 Å². The van der Waals surface area contributed by atoms with E-state index in [1.54, 1.807) is 0 Å². The summed E-state index contributed by atoms with van der Waals surface area (Å²) < 4.78 is 42.2. The topological polar surface area (TPSA) is 26.3 Å². The van der Waals surface area contributed by atoms with E-state index in [1.165, 1.54) is 19.4 Å². The van der Waals surface area contributed by atoms with Crippen molar-refractivity contribution in [1.29, 1.82) is 0 Å². The number of thioether (sulfide) groups is 1. The molecule has 2 nitrogen and oxygen atoms in total. The fourth-order valence-electron chi connectivity index (χ4n) is 1.12. The number of hydrogen-bond acceptors (Lipinski definition) is 3. The Hall–Kier alpha value is -1.17. The second kappa shape index (κ2) is 4.78. The molecule has 1 aromatic rings. The third-order valence-corrected chi connectivity index (χ3v) is 2.50. The molecule has 0 aliphatic carbocycles. The summed E-state index contributed by atoms with van der Waals surface area (Å²) in [7, 11) is 1.25. The van der Waals surface area contributed by atoms with Crippen LogP contribution in [0.3, 0.4) is 0 Å². The van der Waals surface area contributed by atoms with Crippen molar-refractivity contribution in [1.82, 2.24) is 0 Å². The molecular weight excluding hydrogens is 241 g/mol. The Labute approximate surface area is 94.8 Å². The summed E-state index contributed by atoms with van der Waals surface area (Å²) in [4.78, 5) is 11.3. The van der Waals surface area contributed by atoms with Crippen LogP contribution in [0.15, 0.2) is 18.2 Å². The number of hydrogen-bond donors (Lipinski definition) is 0. The number of carbonyl (C=O) groups excluding carboxylic acids is 1. The normalized spacial score (nSPS) is 11.3. The molecule has 0 unspecified atom stereocenters. The second-order valence-corrected chi connectivity index (χ2v) is 3.72. The van der Waals surface area contributed by atoms with E-state index in [0.717, 1.165) is 23.9 Å². The maximum atomic E-state index is 12.5. The molecule has 1 aromatic carbocycles. The summed E-state index contributed by atoms with van der Waals surface area (Å²) in [6, 6.07) is 2.96. The fourth-order valence-corrected chi connectivity index (χ4v) is 1.47. The molecule has 0 spiro atoms. The van der Waals surface area contributed by atoms with E-state index >= 15 is 0 Å². The Kier molecular flexibility index (Phi) is 3.85. The van der Waals surface area contributed by atoms with Gasteiger partial charge in [-0.3, -0.25) is 4.79 Å². The van der Waals surface area contributed by atoms with Crippen molar-refractivity contribution >= 4 is 16.9 Å². The zero-order valence-electron chi connectivity index (χ0n) is 8.59. The highest BCUT2D eigenvalue weighted by molar-refractivity contribution is 8.13. The average Bonchev–Trinajstić information content (AvgIpc) is 2.26. The molecule has 0 radical (unpaired) electrons. The van der Waals surface area contributed by atoms with Crippen LogP contribution in [0.4, 0.5) is 13.2 Å². The molecule has 0 fully saturated rings. The van der Waals surface area contributed by atoms with E-state index in [4.69, 9.17) is 4.74 Å². The van der Waals surface area contributed by atoms with Crippen LogP contribution in [0.1, 0.15) is 15.9 Å². The standard InChI is InChI=1S/C10H9F3O2S/c1-15-8-4-6(9(14)16-2)3-7(5-8)10(11,12)13/h3-5H,1-2H3. The molecule has 0 aliphatic rings. The van der Waals surface area contributed by atoms with Gasteiger partial charge >= 0.3 is 6.18 Å². The lowest BCUT2D eigenvalue weighted by Crippen LogP contribution is -2.07. The summed E-state index contributed by atoms with van der Waals surface area (Å²) in [5.74, 6) is 0.0206. The monoisotopic (exact) mass is 250 g/mol. The highest BCUT2D eigenvalue weighted by Gasteiger charge is 2.31. The molecule has 0 N–H and O–H groups in total. The van der Waals surface area contributed by atoms with Crippen LogP contribution < -0.4 is 4.74 Å². The minimum absolute atomic E-state index is 0.0147. The van der Waals surface area contributed by atoms with Crippen LogP contribution in [-0.4, -0.2) is 18.5 Å². The van der Waals surface area contributed by atoms with Gasteiger partial charge in [0.1, 0.15) is 5.75 Å². The number of halogens is 3. The van der Waals surface area contributed by atoms with Crippen LogP contribution in [0, 0.1) is 0 Å². The van der Waals surface area contributed by atoms with Gasteiger partial charge in [-0.05, 0) is 24.5 Å². The summed E-state index contributed by atoms with van der Waals surface area (Å²) >= 11 is 0.855. The molecule has 0 heterocycles. The van der Waals surface area contributed by atoms with Crippen LogP contribution in [-0.2, 0) is 6.18 Å². The number of benzene rings is 1. The lowest BCUT2D eigenvalue weighted by molar-refractivity contribution is -0.137. The molecule has 1 rings (SSSR count). The van der Waals surface area contributed by atoms with Crippen LogP contribution in [0.5, 0.6) is 5.75 Å². The van der Waals surface area contributed by atoms with Crippen molar-refractivity contribution in [3.63, 3.8) is 0 Å². The van der Waals surface area contributed by atoms with Crippen LogP contribution in [0.25, 0.3) is 0 Å². The van der Waals surface area contributed by atoms with E-state index < -0.39 is 16.9 Å². The van der Waals surface area contributed by atoms with Crippen molar-refractivity contribution in [3.8, 4) is 5.75 Å². The third kappa shape index (κ3) is 2.91. The van der Waals surface area contributed by atoms with E-state index in [2.05, 4.69) is 0 Å². The van der Waals surface area contributed by atoms with Crippen molar-refractivity contribution in [2.75, 3.05) is 13.4 Å². The van der Waals surface area contributed by atoms with Crippen molar-refractivity contribution in [2.24, 2.45) is 0 Å². The first-order valence-corrected chi connectivity index (χ1v) is 5.45. The number of methoxy groups -OCH3 is 1. The summed E-state index contributed by atoms with van der Waals surface area (Å²) in [6.07, 6.45) is -2.98. The maximum absolute atomic E-state index is 12.5. The van der Waals surface area contributed by atoms with Gasteiger partial charge < -0.3 is 4.74 Å². The van der Waals surface area contributed by atoms with Gasteiger partial charge in [-0.2, -0.15) is 13.2 Å². The first-order chi connectivity index (χ1) is 7.38. The summed E-state index contributed by atoms with van der Waals surface area (Å²) in [5, 5.41) is -0.426. The average molecular weight is 250 g/mol. The maximum Gasteiger partial charge on any atom is 0.416 e. The smallest absolute Gasteiger partial charge is 0.416 e. The Morgan fingerprint density at radius 2 is 1.94 bits per heavy atom. The molecule has 88 valence electrons. The molecule has 0 aromatic heterocycles. The van der Waals surface area contributed by atoms with Crippen LogP contribution in [0.2, 0.25) is 0 Å². The Bertz CT molecular complexity index is 402. The second-order valence-electron chi connectivity index (χ2n) is 2.94. The summed E-state index contributed by atoms with van der Waals surface area (Å²) in [5.41, 5.74) is -0.900. The predicted octanol–water partition coefficient (Wildman–Crippen LogP) is 3.22. The van der Waals surface area contributed by atoms with Crippen LogP contribution >= 0.6 is 11.8 Å². The molecule has 0 bridgehead atoms. The van der Waals surface area contributed by atoms with Gasteiger partial charge in [-0.25, -0.2) is 0 Å². The molecule has 0 aliphatic heterocycles. The van der Waals surface area contributed by atoms with Crippen molar-refractivity contribution in [2.45, 2.75) is 6.18 Å². The van der Waals surface area contributed by atoms with Gasteiger partial charge in [0.15, 0.2) is 0 Å². The van der Waals surface area contributed by atoms with E-state index in [0.29, 0.717) is 0 Å². The molecule has 6 heteroatoms. The number of carbonyl (C=O) groups is 1. The van der Waals surface area contributed by atoms with Crippen molar-refractivity contribution in [3.05, 3.63) is 29.3 Å². The molecular formula is C10H9F3O2S. The lowest BCUT2D eigenvalue weighted by atomic mass is 10.1. The van der Waals surface area contributed by atoms with Gasteiger partial charge in [0.25, 0.3) is 0 Å². The quantitative estimate of drug-likeness (QED) is 0.806. The van der Waals surface area contributed by atoms with Gasteiger partial charge in [0.05, 0.1) is 12.7 Å². The van der Waals surface area contributed by atoms with Gasteiger partial charge in [-0.15, -0.1) is 0 Å². The third-order valence-electron chi connectivity index (χ3n) is 1.89. The first kappa shape index (κ1) is 12.9. The Morgan fingerprint density at radius 1 is 1.31 bits per heavy atom. The zero-order chi connectivity index (χ0) is 12.3. The Balaban J connectivity index is 3.27. The number of rotatable bonds is 2.